The maximum Gasteiger partial charge on any atom is 0.278 e. The van der Waals surface area contributed by atoms with E-state index in [1.807, 2.05) is 11.5 Å². The molecule has 2 N–H and O–H groups in total. The highest BCUT2D eigenvalue weighted by atomic mass is 19.1. The summed E-state index contributed by atoms with van der Waals surface area (Å²) in [5.41, 5.74) is 7.53. The molecule has 0 amide bonds. The van der Waals surface area contributed by atoms with E-state index in [0.717, 1.165) is 5.56 Å². The molecule has 1 aromatic carbocycles. The van der Waals surface area contributed by atoms with Crippen LogP contribution in [0, 0.1) is 12.7 Å². The van der Waals surface area contributed by atoms with E-state index in [0.29, 0.717) is 36.1 Å². The molecule has 6 nitrogen and oxygen atoms in total. The highest BCUT2D eigenvalue weighted by molar-refractivity contribution is 5.61. The van der Waals surface area contributed by atoms with Gasteiger partial charge in [-0.1, -0.05) is 11.2 Å². The van der Waals surface area contributed by atoms with Gasteiger partial charge >= 0.3 is 0 Å². The summed E-state index contributed by atoms with van der Waals surface area (Å²) in [6.07, 6.45) is 3.43. The summed E-state index contributed by atoms with van der Waals surface area (Å²) >= 11 is 0. The zero-order valence-corrected chi connectivity index (χ0v) is 11.5. The molecule has 2 aromatic heterocycles. The van der Waals surface area contributed by atoms with Crippen LogP contribution in [0.2, 0.25) is 0 Å². The molecule has 0 unspecified atom stereocenters. The first-order valence-electron chi connectivity index (χ1n) is 6.50. The number of aryl methyl sites for hydroxylation is 1. The quantitative estimate of drug-likeness (QED) is 0.793. The molecule has 0 saturated heterocycles. The molecule has 3 rings (SSSR count). The van der Waals surface area contributed by atoms with Crippen LogP contribution in [0.4, 0.5) is 4.39 Å². The van der Waals surface area contributed by atoms with Crippen molar-refractivity contribution >= 4 is 0 Å². The van der Waals surface area contributed by atoms with Gasteiger partial charge in [-0.15, -0.1) is 0 Å². The third-order valence-corrected chi connectivity index (χ3v) is 3.11. The van der Waals surface area contributed by atoms with E-state index < -0.39 is 0 Å². The van der Waals surface area contributed by atoms with Crippen molar-refractivity contribution in [2.75, 3.05) is 6.54 Å². The minimum absolute atomic E-state index is 0.296. The average Bonchev–Trinajstić information content (AvgIpc) is 3.10. The number of hydrogen-bond acceptors (Lipinski definition) is 5. The number of halogens is 1. The van der Waals surface area contributed by atoms with Crippen LogP contribution in [0.3, 0.4) is 0 Å². The number of rotatable bonds is 4. The largest absolute Gasteiger partial charge is 0.335 e. The fourth-order valence-electron chi connectivity index (χ4n) is 2.01. The van der Waals surface area contributed by atoms with Crippen molar-refractivity contribution in [3.63, 3.8) is 0 Å². The first-order chi connectivity index (χ1) is 10.2. The van der Waals surface area contributed by atoms with Crippen molar-refractivity contribution in [1.82, 2.24) is 19.7 Å². The molecule has 0 spiro atoms. The second-order valence-electron chi connectivity index (χ2n) is 4.67. The Kier molecular flexibility index (Phi) is 3.49. The van der Waals surface area contributed by atoms with E-state index in [-0.39, 0.29) is 5.82 Å². The normalized spacial score (nSPS) is 11.0. The fourth-order valence-corrected chi connectivity index (χ4v) is 2.01. The lowest BCUT2D eigenvalue weighted by atomic mass is 10.1. The monoisotopic (exact) mass is 287 g/mol. The third-order valence-electron chi connectivity index (χ3n) is 3.11. The molecule has 7 heteroatoms. The van der Waals surface area contributed by atoms with Crippen molar-refractivity contribution < 1.29 is 8.91 Å². The van der Waals surface area contributed by atoms with Gasteiger partial charge in [0.25, 0.3) is 5.89 Å². The number of nitrogens with zero attached hydrogens (tertiary/aromatic N) is 4. The highest BCUT2D eigenvalue weighted by Crippen LogP contribution is 2.24. The predicted molar refractivity (Wildman–Crippen MR) is 74.7 cm³/mol. The van der Waals surface area contributed by atoms with Gasteiger partial charge in [0, 0.05) is 24.8 Å². The number of imidazole rings is 1. The summed E-state index contributed by atoms with van der Waals surface area (Å²) in [6, 6.07) is 4.46. The maximum atomic E-state index is 13.3. The molecule has 2 heterocycles. The molecular formula is C14H14FN5O. The van der Waals surface area contributed by atoms with Gasteiger partial charge in [0.1, 0.15) is 11.5 Å². The summed E-state index contributed by atoms with van der Waals surface area (Å²) in [4.78, 5) is 8.46. The Balaban J connectivity index is 1.93. The van der Waals surface area contributed by atoms with Gasteiger partial charge in [-0.2, -0.15) is 4.98 Å². The molecule has 21 heavy (non-hydrogen) atoms. The lowest BCUT2D eigenvalue weighted by Crippen LogP contribution is -2.07. The van der Waals surface area contributed by atoms with E-state index in [1.54, 1.807) is 18.6 Å². The van der Waals surface area contributed by atoms with Gasteiger partial charge in [-0.25, -0.2) is 9.37 Å². The maximum absolute atomic E-state index is 13.3. The Bertz CT molecular complexity index is 764. The number of benzene rings is 1. The molecular weight excluding hydrogens is 273 g/mol. The third kappa shape index (κ3) is 2.68. The Labute approximate surface area is 120 Å². The first-order valence-corrected chi connectivity index (χ1v) is 6.50. The van der Waals surface area contributed by atoms with Crippen molar-refractivity contribution in [3.05, 3.63) is 42.1 Å². The molecule has 0 aliphatic rings. The smallest absolute Gasteiger partial charge is 0.278 e. The molecule has 0 saturated carbocycles. The van der Waals surface area contributed by atoms with Gasteiger partial charge in [0.2, 0.25) is 5.82 Å². The average molecular weight is 287 g/mol. The van der Waals surface area contributed by atoms with E-state index in [1.165, 1.54) is 12.1 Å². The van der Waals surface area contributed by atoms with Crippen LogP contribution in [0.15, 0.2) is 35.2 Å². The van der Waals surface area contributed by atoms with Gasteiger partial charge in [0.15, 0.2) is 0 Å². The van der Waals surface area contributed by atoms with Crippen LogP contribution >= 0.6 is 0 Å². The Hall–Kier alpha value is -2.54. The summed E-state index contributed by atoms with van der Waals surface area (Å²) in [6.45, 7) is 3.05. The van der Waals surface area contributed by atoms with Crippen LogP contribution < -0.4 is 5.73 Å². The van der Waals surface area contributed by atoms with E-state index in [4.69, 9.17) is 10.3 Å². The van der Waals surface area contributed by atoms with Crippen LogP contribution in [0.25, 0.3) is 23.0 Å². The summed E-state index contributed by atoms with van der Waals surface area (Å²) in [5, 5.41) is 3.89. The highest BCUT2D eigenvalue weighted by Gasteiger charge is 2.14. The molecule has 0 radical (unpaired) electrons. The molecule has 3 aromatic rings. The zero-order valence-electron chi connectivity index (χ0n) is 11.5. The molecule has 0 fully saturated rings. The van der Waals surface area contributed by atoms with Gasteiger partial charge in [-0.05, 0) is 24.6 Å². The zero-order chi connectivity index (χ0) is 14.8. The summed E-state index contributed by atoms with van der Waals surface area (Å²) in [5.74, 6) is 0.300. The molecule has 0 bridgehead atoms. The van der Waals surface area contributed by atoms with Crippen molar-refractivity contribution in [2.45, 2.75) is 13.5 Å². The standard InChI is InChI=1S/C14H14FN5O/c1-9-2-3-10(15)6-11(9)13-18-14(21-19-13)12-7-20(5-4-16)8-17-12/h2-3,6-8H,4-5,16H2,1H3. The van der Waals surface area contributed by atoms with Crippen molar-refractivity contribution in [3.8, 4) is 23.0 Å². The number of hydrogen-bond donors (Lipinski definition) is 1. The minimum Gasteiger partial charge on any atom is -0.335 e. The molecule has 0 atom stereocenters. The van der Waals surface area contributed by atoms with Crippen LogP contribution in [0.5, 0.6) is 0 Å². The second kappa shape index (κ2) is 5.45. The lowest BCUT2D eigenvalue weighted by Gasteiger charge is -1.99. The fraction of sp³-hybridized carbons (Fsp3) is 0.214. The number of nitrogens with two attached hydrogens (primary N) is 1. The second-order valence-corrected chi connectivity index (χ2v) is 4.67. The van der Waals surface area contributed by atoms with Gasteiger partial charge in [-0.3, -0.25) is 0 Å². The predicted octanol–water partition coefficient (Wildman–Crippen LogP) is 2.01. The van der Waals surface area contributed by atoms with Gasteiger partial charge < -0.3 is 14.8 Å². The van der Waals surface area contributed by atoms with Crippen LogP contribution in [-0.2, 0) is 6.54 Å². The lowest BCUT2D eigenvalue weighted by molar-refractivity contribution is 0.431. The SMILES string of the molecule is Cc1ccc(F)cc1-c1noc(-c2cn(CCN)cn2)n1. The van der Waals surface area contributed by atoms with Gasteiger partial charge in [0.05, 0.1) is 6.33 Å². The molecule has 108 valence electrons. The van der Waals surface area contributed by atoms with E-state index >= 15 is 0 Å². The summed E-state index contributed by atoms with van der Waals surface area (Å²) < 4.78 is 20.4. The summed E-state index contributed by atoms with van der Waals surface area (Å²) in [7, 11) is 0. The Morgan fingerprint density at radius 1 is 1.38 bits per heavy atom. The van der Waals surface area contributed by atoms with Crippen LogP contribution in [0.1, 0.15) is 5.56 Å². The number of aromatic nitrogens is 4. The Morgan fingerprint density at radius 3 is 3.05 bits per heavy atom. The van der Waals surface area contributed by atoms with Crippen molar-refractivity contribution in [2.24, 2.45) is 5.73 Å². The molecule has 0 aliphatic heterocycles. The van der Waals surface area contributed by atoms with E-state index in [2.05, 4.69) is 15.1 Å². The van der Waals surface area contributed by atoms with Crippen molar-refractivity contribution in [1.29, 1.82) is 0 Å². The van der Waals surface area contributed by atoms with Crippen LogP contribution in [-0.4, -0.2) is 26.2 Å². The Morgan fingerprint density at radius 2 is 2.24 bits per heavy atom. The van der Waals surface area contributed by atoms with E-state index in [9.17, 15) is 4.39 Å². The molecule has 0 aliphatic carbocycles. The first kappa shape index (κ1) is 13.4. The topological polar surface area (TPSA) is 82.8 Å². The minimum atomic E-state index is -0.339.